The third-order valence-electron chi connectivity index (χ3n) is 5.06. The predicted octanol–water partition coefficient (Wildman–Crippen LogP) is 3.64. The van der Waals surface area contributed by atoms with Crippen LogP contribution >= 0.6 is 0 Å². The Morgan fingerprint density at radius 1 is 1.04 bits per heavy atom. The second-order valence-electron chi connectivity index (χ2n) is 6.92. The molecule has 1 aliphatic rings. The van der Waals surface area contributed by atoms with E-state index in [0.29, 0.717) is 12.2 Å². The molecule has 0 saturated heterocycles. The van der Waals surface area contributed by atoms with Gasteiger partial charge in [0.25, 0.3) is 5.91 Å². The number of imidazole rings is 1. The van der Waals surface area contributed by atoms with Crippen LogP contribution in [0.4, 0.5) is 0 Å². The van der Waals surface area contributed by atoms with Crippen molar-refractivity contribution >= 4 is 5.91 Å². The fourth-order valence-electron chi connectivity index (χ4n) is 3.66. The quantitative estimate of drug-likeness (QED) is 0.756. The summed E-state index contributed by atoms with van der Waals surface area (Å²) in [4.78, 5) is 21.7. The maximum Gasteiger partial charge on any atom is 0.271 e. The highest BCUT2D eigenvalue weighted by atomic mass is 16.1. The van der Waals surface area contributed by atoms with Crippen molar-refractivity contribution in [2.24, 2.45) is 0 Å². The minimum Gasteiger partial charge on any atom is -0.350 e. The number of nitrogens with one attached hydrogen (secondary N) is 1. The number of carbonyl (C=O) groups is 1. The molecule has 0 fully saturated rings. The Morgan fingerprint density at radius 2 is 1.85 bits per heavy atom. The number of fused-ring (bicyclic) bond motifs is 1. The van der Waals surface area contributed by atoms with Gasteiger partial charge >= 0.3 is 0 Å². The van der Waals surface area contributed by atoms with E-state index in [0.717, 1.165) is 49.3 Å². The number of aromatic nitrogens is 3. The lowest BCUT2D eigenvalue weighted by Gasteiger charge is -2.09. The van der Waals surface area contributed by atoms with Crippen molar-refractivity contribution in [1.29, 1.82) is 0 Å². The van der Waals surface area contributed by atoms with Crippen LogP contribution in [0.1, 0.15) is 41.0 Å². The molecule has 0 bridgehead atoms. The lowest BCUT2D eigenvalue weighted by atomic mass is 10.1. The van der Waals surface area contributed by atoms with Gasteiger partial charge in [-0.3, -0.25) is 9.78 Å². The summed E-state index contributed by atoms with van der Waals surface area (Å²) in [6, 6.07) is 14.1. The van der Waals surface area contributed by atoms with E-state index >= 15 is 0 Å². The molecule has 27 heavy (non-hydrogen) atoms. The van der Waals surface area contributed by atoms with Crippen LogP contribution in [0.2, 0.25) is 0 Å². The number of hydrogen-bond acceptors (Lipinski definition) is 3. The topological polar surface area (TPSA) is 59.8 Å². The van der Waals surface area contributed by atoms with Gasteiger partial charge in [0, 0.05) is 31.0 Å². The minimum atomic E-state index is -0.0723. The summed E-state index contributed by atoms with van der Waals surface area (Å²) in [6.07, 6.45) is 8.68. The summed E-state index contributed by atoms with van der Waals surface area (Å²) in [5.74, 6) is 0.837. The second-order valence-corrected chi connectivity index (χ2v) is 6.92. The monoisotopic (exact) mass is 360 g/mol. The molecule has 138 valence electrons. The predicted molar refractivity (Wildman–Crippen MR) is 105 cm³/mol. The molecule has 3 heterocycles. The standard InChI is InChI=1S/C22H24N4O/c27-22(24-15-12-17-10-13-23-14-11-17)20-19-9-5-2-6-16-26(19)21(25-20)18-7-3-1-4-8-18/h1,3-4,7-8,10-11,13-14H,2,5-6,9,12,15-16H2,(H,24,27). The third-order valence-corrected chi connectivity index (χ3v) is 5.06. The highest BCUT2D eigenvalue weighted by molar-refractivity contribution is 5.94. The molecule has 0 aliphatic carbocycles. The molecule has 1 N–H and O–H groups in total. The molecular formula is C22H24N4O. The van der Waals surface area contributed by atoms with Crippen LogP contribution in [0.25, 0.3) is 11.4 Å². The fraction of sp³-hybridized carbons (Fsp3) is 0.318. The molecule has 5 nitrogen and oxygen atoms in total. The van der Waals surface area contributed by atoms with Gasteiger partial charge in [-0.2, -0.15) is 0 Å². The average molecular weight is 360 g/mol. The van der Waals surface area contributed by atoms with Gasteiger partial charge in [0.1, 0.15) is 11.5 Å². The van der Waals surface area contributed by atoms with Crippen LogP contribution in [-0.4, -0.2) is 27.0 Å². The zero-order valence-corrected chi connectivity index (χ0v) is 15.4. The molecule has 1 amide bonds. The molecule has 5 heteroatoms. The highest BCUT2D eigenvalue weighted by Gasteiger charge is 2.23. The fourth-order valence-corrected chi connectivity index (χ4v) is 3.66. The maximum absolute atomic E-state index is 12.9. The van der Waals surface area contributed by atoms with Crippen LogP contribution in [0.15, 0.2) is 54.9 Å². The van der Waals surface area contributed by atoms with E-state index in [1.54, 1.807) is 12.4 Å². The van der Waals surface area contributed by atoms with Crippen LogP contribution in [0.3, 0.4) is 0 Å². The van der Waals surface area contributed by atoms with E-state index in [9.17, 15) is 4.79 Å². The number of amides is 1. The van der Waals surface area contributed by atoms with Crippen molar-refractivity contribution in [2.45, 2.75) is 38.6 Å². The number of rotatable bonds is 5. The Bertz CT molecular complexity index is 903. The van der Waals surface area contributed by atoms with Gasteiger partial charge in [0.05, 0.1) is 5.69 Å². The van der Waals surface area contributed by atoms with Gasteiger partial charge < -0.3 is 9.88 Å². The molecule has 2 aromatic heterocycles. The third kappa shape index (κ3) is 3.92. The highest BCUT2D eigenvalue weighted by Crippen LogP contribution is 2.27. The smallest absolute Gasteiger partial charge is 0.271 e. The summed E-state index contributed by atoms with van der Waals surface area (Å²) in [5, 5.41) is 3.05. The van der Waals surface area contributed by atoms with Crippen LogP contribution in [0.5, 0.6) is 0 Å². The second kappa shape index (κ2) is 8.16. The molecule has 1 aromatic carbocycles. The zero-order chi connectivity index (χ0) is 18.5. The van der Waals surface area contributed by atoms with Crippen LogP contribution in [0, 0.1) is 0 Å². The Labute approximate surface area is 159 Å². The Morgan fingerprint density at radius 3 is 2.67 bits per heavy atom. The van der Waals surface area contributed by atoms with Crippen LogP contribution < -0.4 is 5.32 Å². The number of nitrogens with zero attached hydrogens (tertiary/aromatic N) is 3. The summed E-state index contributed by atoms with van der Waals surface area (Å²) in [6.45, 7) is 1.52. The normalized spacial score (nSPS) is 13.6. The van der Waals surface area contributed by atoms with E-state index in [4.69, 9.17) is 4.98 Å². The van der Waals surface area contributed by atoms with E-state index in [1.807, 2.05) is 30.3 Å². The zero-order valence-electron chi connectivity index (χ0n) is 15.4. The number of carbonyl (C=O) groups excluding carboxylic acids is 1. The SMILES string of the molecule is O=C(NCCc1ccncc1)c1nc(-c2ccccc2)n2c1CCCCC2. The lowest BCUT2D eigenvalue weighted by molar-refractivity contribution is 0.0948. The largest absolute Gasteiger partial charge is 0.350 e. The Balaban J connectivity index is 1.56. The molecular weight excluding hydrogens is 336 g/mol. The Kier molecular flexibility index (Phi) is 5.28. The first kappa shape index (κ1) is 17.5. The maximum atomic E-state index is 12.9. The van der Waals surface area contributed by atoms with Gasteiger partial charge in [-0.25, -0.2) is 4.98 Å². The van der Waals surface area contributed by atoms with Gasteiger partial charge in [-0.15, -0.1) is 0 Å². The lowest BCUT2D eigenvalue weighted by Crippen LogP contribution is -2.27. The first-order chi connectivity index (χ1) is 13.3. The summed E-state index contributed by atoms with van der Waals surface area (Å²) >= 11 is 0. The average Bonchev–Trinajstić information content (AvgIpc) is 2.90. The minimum absolute atomic E-state index is 0.0723. The van der Waals surface area contributed by atoms with Crippen molar-refractivity contribution in [2.75, 3.05) is 6.54 Å². The molecule has 0 atom stereocenters. The van der Waals surface area contributed by atoms with E-state index in [1.165, 1.54) is 12.0 Å². The Hall–Kier alpha value is -2.95. The summed E-state index contributed by atoms with van der Waals surface area (Å²) < 4.78 is 2.25. The van der Waals surface area contributed by atoms with Gasteiger partial charge in [-0.05, 0) is 43.4 Å². The van der Waals surface area contributed by atoms with E-state index < -0.39 is 0 Å². The summed E-state index contributed by atoms with van der Waals surface area (Å²) in [7, 11) is 0. The molecule has 0 unspecified atom stereocenters. The van der Waals surface area contributed by atoms with Crippen molar-refractivity contribution in [3.8, 4) is 11.4 Å². The number of pyridine rings is 1. The van der Waals surface area contributed by atoms with Crippen molar-refractivity contribution in [3.63, 3.8) is 0 Å². The first-order valence-corrected chi connectivity index (χ1v) is 9.65. The van der Waals surface area contributed by atoms with Crippen molar-refractivity contribution < 1.29 is 4.79 Å². The molecule has 1 aliphatic heterocycles. The van der Waals surface area contributed by atoms with Gasteiger partial charge in [0.15, 0.2) is 0 Å². The van der Waals surface area contributed by atoms with Crippen molar-refractivity contribution in [3.05, 3.63) is 71.8 Å². The number of benzene rings is 1. The molecule has 0 radical (unpaired) electrons. The molecule has 3 aromatic rings. The van der Waals surface area contributed by atoms with Gasteiger partial charge in [-0.1, -0.05) is 36.8 Å². The van der Waals surface area contributed by atoms with Gasteiger partial charge in [0.2, 0.25) is 0 Å². The van der Waals surface area contributed by atoms with Crippen molar-refractivity contribution in [1.82, 2.24) is 19.9 Å². The van der Waals surface area contributed by atoms with E-state index in [2.05, 4.69) is 27.0 Å². The molecule has 0 saturated carbocycles. The van der Waals surface area contributed by atoms with Crippen LogP contribution in [-0.2, 0) is 19.4 Å². The number of hydrogen-bond donors (Lipinski definition) is 1. The molecule has 4 rings (SSSR count). The first-order valence-electron chi connectivity index (χ1n) is 9.65. The van der Waals surface area contributed by atoms with E-state index in [-0.39, 0.29) is 5.91 Å². The molecule has 0 spiro atoms. The summed E-state index contributed by atoms with van der Waals surface area (Å²) in [5.41, 5.74) is 3.90.